The molecule has 3 heterocycles. The van der Waals surface area contributed by atoms with E-state index in [9.17, 15) is 4.39 Å². The molecule has 0 fully saturated rings. The molecular formula is C23H16ClFN4O2. The number of imidazole rings is 1. The van der Waals surface area contributed by atoms with E-state index in [1.165, 1.54) is 12.1 Å². The minimum Gasteiger partial charge on any atom is -0.487 e. The number of anilines is 2. The lowest BCUT2D eigenvalue weighted by Crippen LogP contribution is -1.98. The van der Waals surface area contributed by atoms with Crippen LogP contribution in [0.2, 0.25) is 5.02 Å². The van der Waals surface area contributed by atoms with Crippen LogP contribution in [-0.2, 0) is 6.61 Å². The van der Waals surface area contributed by atoms with Gasteiger partial charge in [-0.2, -0.15) is 0 Å². The van der Waals surface area contributed by atoms with Gasteiger partial charge in [-0.05, 0) is 54.1 Å². The number of pyridine rings is 1. The minimum atomic E-state index is -0.304. The highest BCUT2D eigenvalue weighted by Gasteiger charge is 2.12. The van der Waals surface area contributed by atoms with Crippen molar-refractivity contribution in [1.29, 1.82) is 0 Å². The number of aromatic amines is 1. The summed E-state index contributed by atoms with van der Waals surface area (Å²) in [5.74, 6) is 2.04. The van der Waals surface area contributed by atoms with E-state index >= 15 is 0 Å². The van der Waals surface area contributed by atoms with Crippen LogP contribution < -0.4 is 10.1 Å². The Bertz CT molecular complexity index is 1350. The van der Waals surface area contributed by atoms with Crippen LogP contribution in [0.25, 0.3) is 22.6 Å². The topological polar surface area (TPSA) is 76.0 Å². The Morgan fingerprint density at radius 3 is 2.84 bits per heavy atom. The van der Waals surface area contributed by atoms with Gasteiger partial charge in [-0.25, -0.2) is 14.4 Å². The fraction of sp³-hybridized carbons (Fsp3) is 0.0435. The predicted molar refractivity (Wildman–Crippen MR) is 117 cm³/mol. The summed E-state index contributed by atoms with van der Waals surface area (Å²) in [6.45, 7) is 0.216. The Morgan fingerprint density at radius 1 is 1.10 bits per heavy atom. The van der Waals surface area contributed by atoms with Gasteiger partial charge in [0, 0.05) is 11.9 Å². The van der Waals surface area contributed by atoms with Crippen LogP contribution >= 0.6 is 11.6 Å². The van der Waals surface area contributed by atoms with Gasteiger partial charge >= 0.3 is 0 Å². The molecule has 6 nitrogen and oxygen atoms in total. The van der Waals surface area contributed by atoms with Gasteiger partial charge in [0.1, 0.15) is 23.7 Å². The molecule has 0 saturated carbocycles. The first-order chi connectivity index (χ1) is 15.2. The van der Waals surface area contributed by atoms with Gasteiger partial charge in [-0.15, -0.1) is 0 Å². The van der Waals surface area contributed by atoms with Crippen LogP contribution in [0.3, 0.4) is 0 Å². The van der Waals surface area contributed by atoms with Crippen molar-refractivity contribution in [3.05, 3.63) is 89.5 Å². The first-order valence-electron chi connectivity index (χ1n) is 9.48. The Hall–Kier alpha value is -3.84. The lowest BCUT2D eigenvalue weighted by Gasteiger charge is -2.11. The minimum absolute atomic E-state index is 0.216. The molecule has 0 unspecified atom stereocenters. The third-order valence-electron chi connectivity index (χ3n) is 4.63. The molecule has 2 N–H and O–H groups in total. The average molecular weight is 435 g/mol. The zero-order valence-corrected chi connectivity index (χ0v) is 16.9. The number of nitrogens with zero attached hydrogens (tertiary/aromatic N) is 2. The maximum absolute atomic E-state index is 13.3. The maximum Gasteiger partial charge on any atom is 0.174 e. The van der Waals surface area contributed by atoms with Gasteiger partial charge < -0.3 is 19.5 Å². The molecule has 154 valence electrons. The van der Waals surface area contributed by atoms with Crippen LogP contribution in [0.15, 0.2) is 77.5 Å². The molecule has 31 heavy (non-hydrogen) atoms. The van der Waals surface area contributed by atoms with E-state index in [2.05, 4.69) is 20.3 Å². The Morgan fingerprint density at radius 2 is 2.03 bits per heavy atom. The number of rotatable bonds is 6. The summed E-state index contributed by atoms with van der Waals surface area (Å²) in [5, 5.41) is 3.66. The molecule has 8 heteroatoms. The van der Waals surface area contributed by atoms with E-state index in [1.807, 2.05) is 18.2 Å². The monoisotopic (exact) mass is 434 g/mol. The average Bonchev–Trinajstić information content (AvgIpc) is 3.43. The van der Waals surface area contributed by atoms with E-state index < -0.39 is 0 Å². The van der Waals surface area contributed by atoms with Crippen molar-refractivity contribution in [2.45, 2.75) is 6.61 Å². The summed E-state index contributed by atoms with van der Waals surface area (Å²) in [7, 11) is 0. The third-order valence-corrected chi connectivity index (χ3v) is 4.93. The van der Waals surface area contributed by atoms with Crippen molar-refractivity contribution in [2.24, 2.45) is 0 Å². The second kappa shape index (κ2) is 8.12. The maximum atomic E-state index is 13.3. The van der Waals surface area contributed by atoms with Crippen molar-refractivity contribution >= 4 is 34.1 Å². The van der Waals surface area contributed by atoms with Crippen LogP contribution in [-0.4, -0.2) is 15.0 Å². The molecule has 0 aliphatic rings. The van der Waals surface area contributed by atoms with Gasteiger partial charge in [-0.3, -0.25) is 0 Å². The first-order valence-corrected chi connectivity index (χ1v) is 9.86. The van der Waals surface area contributed by atoms with Crippen molar-refractivity contribution in [3.8, 4) is 17.3 Å². The molecule has 0 spiro atoms. The summed E-state index contributed by atoms with van der Waals surface area (Å²) < 4.78 is 24.5. The second-order valence-corrected chi connectivity index (χ2v) is 7.21. The number of hydrogen-bond donors (Lipinski definition) is 2. The molecule has 0 aliphatic heterocycles. The third kappa shape index (κ3) is 4.08. The van der Waals surface area contributed by atoms with Gasteiger partial charge in [0.05, 0.1) is 16.8 Å². The van der Waals surface area contributed by atoms with Crippen LogP contribution in [0, 0.1) is 5.82 Å². The quantitative estimate of drug-likeness (QED) is 0.326. The largest absolute Gasteiger partial charge is 0.487 e. The molecule has 2 aromatic carbocycles. The number of H-pyrrole nitrogens is 1. The second-order valence-electron chi connectivity index (χ2n) is 6.81. The van der Waals surface area contributed by atoms with E-state index in [0.29, 0.717) is 33.7 Å². The summed E-state index contributed by atoms with van der Waals surface area (Å²) in [6, 6.07) is 17.1. The molecule has 0 atom stereocenters. The zero-order chi connectivity index (χ0) is 21.2. The molecule has 0 radical (unpaired) electrons. The number of nitrogens with one attached hydrogen (secondary N) is 2. The highest BCUT2D eigenvalue weighted by atomic mass is 35.5. The highest BCUT2D eigenvalue weighted by molar-refractivity contribution is 6.32. The number of ether oxygens (including phenoxy) is 1. The fourth-order valence-corrected chi connectivity index (χ4v) is 3.41. The number of furan rings is 1. The summed E-state index contributed by atoms with van der Waals surface area (Å²) >= 11 is 6.39. The molecule has 0 aliphatic carbocycles. The van der Waals surface area contributed by atoms with E-state index in [0.717, 1.165) is 16.8 Å². The number of fused-ring (bicyclic) bond motifs is 1. The van der Waals surface area contributed by atoms with E-state index in [-0.39, 0.29) is 12.4 Å². The van der Waals surface area contributed by atoms with Gasteiger partial charge in [0.2, 0.25) is 0 Å². The Kier molecular flexibility index (Phi) is 5.01. The van der Waals surface area contributed by atoms with Gasteiger partial charge in [-0.1, -0.05) is 23.7 Å². The van der Waals surface area contributed by atoms with Gasteiger partial charge in [0.25, 0.3) is 0 Å². The lowest BCUT2D eigenvalue weighted by atomic mass is 10.2. The normalized spacial score (nSPS) is 11.0. The molecule has 0 amide bonds. The molecule has 0 bridgehead atoms. The standard InChI is InChI=1S/C23H16ClFN4O2/c24-17-12-16(6-7-19(17)31-13-14-3-1-4-15(25)11-14)27-23-21-18(8-9-26-23)28-22(29-21)20-5-2-10-30-20/h1-12H,13H2,(H,26,27)(H,28,29). The van der Waals surface area contributed by atoms with Gasteiger partial charge in [0.15, 0.2) is 17.4 Å². The Balaban J connectivity index is 1.35. The molecule has 0 saturated heterocycles. The first kappa shape index (κ1) is 19.1. The Labute approximate surface area is 181 Å². The number of benzene rings is 2. The highest BCUT2D eigenvalue weighted by Crippen LogP contribution is 2.31. The molecule has 5 rings (SSSR count). The van der Waals surface area contributed by atoms with Crippen molar-refractivity contribution in [3.63, 3.8) is 0 Å². The van der Waals surface area contributed by atoms with E-state index in [1.54, 1.807) is 42.8 Å². The number of hydrogen-bond acceptors (Lipinski definition) is 5. The summed E-state index contributed by atoms with van der Waals surface area (Å²) in [5.41, 5.74) is 2.95. The van der Waals surface area contributed by atoms with E-state index in [4.69, 9.17) is 20.8 Å². The zero-order valence-electron chi connectivity index (χ0n) is 16.1. The van der Waals surface area contributed by atoms with Crippen molar-refractivity contribution in [2.75, 3.05) is 5.32 Å². The SMILES string of the molecule is Fc1cccc(COc2ccc(Nc3nccc4[nH]c(-c5ccco5)nc34)cc2Cl)c1. The van der Waals surface area contributed by atoms with Crippen molar-refractivity contribution in [1.82, 2.24) is 15.0 Å². The van der Waals surface area contributed by atoms with Crippen LogP contribution in [0.1, 0.15) is 5.56 Å². The molecular weight excluding hydrogens is 419 g/mol. The fourth-order valence-electron chi connectivity index (χ4n) is 3.18. The number of aromatic nitrogens is 3. The number of halogens is 2. The molecule has 3 aromatic heterocycles. The van der Waals surface area contributed by atoms with Crippen molar-refractivity contribution < 1.29 is 13.5 Å². The summed E-state index contributed by atoms with van der Waals surface area (Å²) in [6.07, 6.45) is 3.28. The molecule has 5 aromatic rings. The lowest BCUT2D eigenvalue weighted by molar-refractivity contribution is 0.306. The predicted octanol–water partition coefficient (Wildman–Crippen LogP) is 6.33. The summed E-state index contributed by atoms with van der Waals surface area (Å²) in [4.78, 5) is 12.2. The van der Waals surface area contributed by atoms with Crippen LogP contribution in [0.4, 0.5) is 15.9 Å². The smallest absolute Gasteiger partial charge is 0.174 e. The van der Waals surface area contributed by atoms with Crippen LogP contribution in [0.5, 0.6) is 5.75 Å².